The van der Waals surface area contributed by atoms with Gasteiger partial charge in [-0.1, -0.05) is 0 Å². The van der Waals surface area contributed by atoms with Gasteiger partial charge in [-0.3, -0.25) is 23.9 Å². The van der Waals surface area contributed by atoms with Crippen LogP contribution in [0.5, 0.6) is 6.01 Å². The number of methoxy groups -OCH3 is 1. The fraction of sp³-hybridized carbons (Fsp3) is 0.474. The van der Waals surface area contributed by atoms with Crippen molar-refractivity contribution in [3.05, 3.63) is 22.6 Å². The van der Waals surface area contributed by atoms with E-state index in [-0.39, 0.29) is 43.0 Å². The average Bonchev–Trinajstić information content (AvgIpc) is 3.25. The molecule has 0 bridgehead atoms. The molecule has 0 aliphatic carbocycles. The first-order valence-electron chi connectivity index (χ1n) is 10.1. The Labute approximate surface area is 182 Å². The van der Waals surface area contributed by atoms with E-state index in [1.54, 1.807) is 7.11 Å². The van der Waals surface area contributed by atoms with Gasteiger partial charge in [-0.15, -0.1) is 0 Å². The van der Waals surface area contributed by atoms with E-state index in [0.717, 1.165) is 4.90 Å². The van der Waals surface area contributed by atoms with Gasteiger partial charge in [0.05, 0.1) is 6.61 Å². The molecule has 1 aliphatic rings. The van der Waals surface area contributed by atoms with Crippen molar-refractivity contribution in [3.8, 4) is 6.01 Å². The number of nitrogen functional groups attached to an aromatic ring is 1. The van der Waals surface area contributed by atoms with Gasteiger partial charge in [0.1, 0.15) is 12.1 Å². The molecule has 3 heterocycles. The molecule has 0 radical (unpaired) electrons. The van der Waals surface area contributed by atoms with Crippen LogP contribution in [0.1, 0.15) is 19.3 Å². The molecule has 13 nitrogen and oxygen atoms in total. The summed E-state index contributed by atoms with van der Waals surface area (Å²) < 4.78 is 11.7. The average molecular weight is 447 g/mol. The highest BCUT2D eigenvalue weighted by atomic mass is 16.5. The third-order valence-electron chi connectivity index (χ3n) is 4.74. The number of unbranched alkanes of at least 4 members (excludes halogenated alkanes) is 1. The maximum absolute atomic E-state index is 12.3. The van der Waals surface area contributed by atoms with E-state index in [1.165, 1.54) is 16.7 Å². The number of imide groups is 1. The van der Waals surface area contributed by atoms with E-state index >= 15 is 0 Å². The molecule has 0 saturated heterocycles. The molecule has 3 rings (SSSR count). The van der Waals surface area contributed by atoms with Crippen molar-refractivity contribution in [1.29, 1.82) is 0 Å². The first-order chi connectivity index (χ1) is 15.4. The summed E-state index contributed by atoms with van der Waals surface area (Å²) >= 11 is 0. The van der Waals surface area contributed by atoms with E-state index in [9.17, 15) is 19.2 Å². The summed E-state index contributed by atoms with van der Waals surface area (Å²) in [5.41, 5.74) is 6.21. The van der Waals surface area contributed by atoms with Crippen LogP contribution in [0.4, 0.5) is 5.82 Å². The number of aromatic amines is 1. The number of aromatic nitrogens is 4. The highest BCUT2D eigenvalue weighted by Gasteiger charge is 2.23. The van der Waals surface area contributed by atoms with Crippen LogP contribution in [0.2, 0.25) is 0 Å². The number of hydrogen-bond acceptors (Lipinski definition) is 9. The van der Waals surface area contributed by atoms with Crippen molar-refractivity contribution < 1.29 is 23.9 Å². The maximum atomic E-state index is 12.3. The minimum absolute atomic E-state index is 0.0309. The first kappa shape index (κ1) is 22.9. The van der Waals surface area contributed by atoms with Crippen LogP contribution in [0.15, 0.2) is 16.9 Å². The zero-order chi connectivity index (χ0) is 23.1. The molecule has 2 aromatic heterocycles. The minimum Gasteiger partial charge on any atom is -0.461 e. The monoisotopic (exact) mass is 447 g/mol. The molecule has 0 aromatic carbocycles. The number of nitrogens with one attached hydrogen (secondary N) is 2. The van der Waals surface area contributed by atoms with Gasteiger partial charge in [-0.2, -0.15) is 9.97 Å². The highest BCUT2D eigenvalue weighted by molar-refractivity contribution is 6.13. The lowest BCUT2D eigenvalue weighted by Gasteiger charge is -2.13. The van der Waals surface area contributed by atoms with Crippen LogP contribution in [-0.4, -0.2) is 75.6 Å². The van der Waals surface area contributed by atoms with Crippen molar-refractivity contribution in [2.24, 2.45) is 0 Å². The lowest BCUT2D eigenvalue weighted by Crippen LogP contribution is -2.35. The number of H-pyrrole nitrogens is 1. The standard InChI is InChI=1S/C19H25N7O6/c1-31-10-11-32-18-23-16(20)15-17(24-18)26(19(30)22-15)8-3-2-7-21-12(27)6-9-25-13(28)4-5-14(25)29/h4-5H,2-3,6-11H2,1H3,(H,21,27)(H,22,30)(H2,20,23,24). The number of imidazole rings is 1. The normalized spacial score (nSPS) is 13.3. The number of nitrogens with zero attached hydrogens (tertiary/aromatic N) is 4. The Morgan fingerprint density at radius 2 is 1.88 bits per heavy atom. The summed E-state index contributed by atoms with van der Waals surface area (Å²) in [4.78, 5) is 59.1. The maximum Gasteiger partial charge on any atom is 0.327 e. The van der Waals surface area contributed by atoms with E-state index < -0.39 is 11.8 Å². The zero-order valence-electron chi connectivity index (χ0n) is 17.6. The van der Waals surface area contributed by atoms with Crippen LogP contribution in [0.3, 0.4) is 0 Å². The molecule has 0 unspecified atom stereocenters. The predicted molar refractivity (Wildman–Crippen MR) is 113 cm³/mol. The third kappa shape index (κ3) is 5.49. The number of nitrogens with two attached hydrogens (primary N) is 1. The topological polar surface area (TPSA) is 175 Å². The third-order valence-corrected chi connectivity index (χ3v) is 4.74. The zero-order valence-corrected chi connectivity index (χ0v) is 17.6. The lowest BCUT2D eigenvalue weighted by molar-refractivity contribution is -0.137. The molecule has 32 heavy (non-hydrogen) atoms. The number of amides is 3. The Morgan fingerprint density at radius 1 is 1.12 bits per heavy atom. The van der Waals surface area contributed by atoms with Gasteiger partial charge in [0.15, 0.2) is 11.5 Å². The van der Waals surface area contributed by atoms with Gasteiger partial charge < -0.3 is 25.5 Å². The first-order valence-corrected chi connectivity index (χ1v) is 10.1. The van der Waals surface area contributed by atoms with E-state index in [1.807, 2.05) is 0 Å². The predicted octanol–water partition coefficient (Wildman–Crippen LogP) is -1.06. The fourth-order valence-electron chi connectivity index (χ4n) is 3.10. The van der Waals surface area contributed by atoms with Crippen LogP contribution in [0.25, 0.3) is 11.2 Å². The number of aryl methyl sites for hydroxylation is 1. The quantitative estimate of drug-likeness (QED) is 0.270. The fourth-order valence-corrected chi connectivity index (χ4v) is 3.10. The van der Waals surface area contributed by atoms with E-state index in [4.69, 9.17) is 15.2 Å². The van der Waals surface area contributed by atoms with Gasteiger partial charge in [-0.25, -0.2) is 4.79 Å². The Balaban J connectivity index is 1.47. The second kappa shape index (κ2) is 10.5. The lowest BCUT2D eigenvalue weighted by atomic mass is 10.3. The molecule has 0 saturated carbocycles. The second-order valence-electron chi connectivity index (χ2n) is 6.98. The number of anilines is 1. The molecule has 3 amide bonds. The van der Waals surface area contributed by atoms with Crippen molar-refractivity contribution >= 4 is 34.7 Å². The minimum atomic E-state index is -0.413. The summed E-state index contributed by atoms with van der Waals surface area (Å²) in [5, 5.41) is 2.73. The molecule has 0 spiro atoms. The van der Waals surface area contributed by atoms with Gasteiger partial charge >= 0.3 is 11.7 Å². The van der Waals surface area contributed by atoms with Gasteiger partial charge in [0.2, 0.25) is 5.91 Å². The molecule has 0 fully saturated rings. The Kier molecular flexibility index (Phi) is 7.54. The number of carbonyl (C=O) groups excluding carboxylic acids is 3. The van der Waals surface area contributed by atoms with Crippen molar-refractivity contribution in [1.82, 2.24) is 29.7 Å². The highest BCUT2D eigenvalue weighted by Crippen LogP contribution is 2.18. The largest absolute Gasteiger partial charge is 0.461 e. The number of carbonyl (C=O) groups is 3. The molecular weight excluding hydrogens is 422 g/mol. The Morgan fingerprint density at radius 3 is 2.59 bits per heavy atom. The SMILES string of the molecule is COCCOc1nc(N)c2[nH]c(=O)n(CCCCNC(=O)CCN3C(=O)C=CC3=O)c2n1. The molecule has 172 valence electrons. The van der Waals surface area contributed by atoms with Crippen molar-refractivity contribution in [2.75, 3.05) is 39.1 Å². The molecule has 2 aromatic rings. The Hall–Kier alpha value is -3.74. The summed E-state index contributed by atoms with van der Waals surface area (Å²) in [6, 6.07) is 0.0530. The van der Waals surface area contributed by atoms with E-state index in [0.29, 0.717) is 43.7 Å². The second-order valence-corrected chi connectivity index (χ2v) is 6.98. The smallest absolute Gasteiger partial charge is 0.327 e. The van der Waals surface area contributed by atoms with Gasteiger partial charge in [0, 0.05) is 45.3 Å². The van der Waals surface area contributed by atoms with Gasteiger partial charge in [-0.05, 0) is 12.8 Å². The number of ether oxygens (including phenoxy) is 2. The molecule has 4 N–H and O–H groups in total. The summed E-state index contributed by atoms with van der Waals surface area (Å²) in [6.07, 6.45) is 3.58. The van der Waals surface area contributed by atoms with Crippen molar-refractivity contribution in [3.63, 3.8) is 0 Å². The van der Waals surface area contributed by atoms with Gasteiger partial charge in [0.25, 0.3) is 11.8 Å². The van der Waals surface area contributed by atoms with Crippen LogP contribution in [-0.2, 0) is 25.7 Å². The van der Waals surface area contributed by atoms with E-state index in [2.05, 4.69) is 20.3 Å². The summed E-state index contributed by atoms with van der Waals surface area (Å²) in [7, 11) is 1.54. The molecular formula is C19H25N7O6. The molecule has 13 heteroatoms. The van der Waals surface area contributed by atoms with Crippen LogP contribution >= 0.6 is 0 Å². The molecule has 1 aliphatic heterocycles. The van der Waals surface area contributed by atoms with Crippen LogP contribution in [0, 0.1) is 0 Å². The number of rotatable bonds is 12. The summed E-state index contributed by atoms with van der Waals surface area (Å²) in [5.74, 6) is -0.983. The Bertz CT molecular complexity index is 1070. The van der Waals surface area contributed by atoms with Crippen molar-refractivity contribution in [2.45, 2.75) is 25.8 Å². The number of fused-ring (bicyclic) bond motifs is 1. The number of hydrogen-bond donors (Lipinski definition) is 3. The van der Waals surface area contributed by atoms with Crippen LogP contribution < -0.4 is 21.5 Å². The summed E-state index contributed by atoms with van der Waals surface area (Å²) in [6.45, 7) is 1.38. The molecule has 0 atom stereocenters.